The molecule has 2 amide bonds. The number of aromatic nitrogens is 3. The number of carbonyl (C=O) groups excluding carboxylic acids is 1. The van der Waals surface area contributed by atoms with E-state index in [1.165, 1.54) is 4.88 Å². The van der Waals surface area contributed by atoms with E-state index in [2.05, 4.69) is 22.3 Å². The van der Waals surface area contributed by atoms with Gasteiger partial charge >= 0.3 is 6.03 Å². The highest BCUT2D eigenvalue weighted by molar-refractivity contribution is 7.09. The van der Waals surface area contributed by atoms with Crippen LogP contribution in [-0.4, -0.2) is 39.3 Å². The number of rotatable bonds is 6. The van der Waals surface area contributed by atoms with Gasteiger partial charge in [0, 0.05) is 38.1 Å². The minimum atomic E-state index is -0.0600. The van der Waals surface area contributed by atoms with Crippen molar-refractivity contribution in [2.75, 3.05) is 13.6 Å². The Labute approximate surface area is 135 Å². The van der Waals surface area contributed by atoms with Crippen LogP contribution in [0.4, 0.5) is 4.79 Å². The summed E-state index contributed by atoms with van der Waals surface area (Å²) in [5.41, 5.74) is 3.92. The first-order chi connectivity index (χ1) is 10.5. The number of likely N-dealkylation sites (N-methyl/N-ethyl adjacent to an activating group) is 1. The van der Waals surface area contributed by atoms with E-state index >= 15 is 0 Å². The van der Waals surface area contributed by atoms with Crippen LogP contribution >= 0.6 is 11.3 Å². The maximum absolute atomic E-state index is 12.3. The van der Waals surface area contributed by atoms with Crippen molar-refractivity contribution in [1.82, 2.24) is 25.0 Å². The number of hydrogen-bond donors (Lipinski definition) is 1. The molecule has 2 heterocycles. The third kappa shape index (κ3) is 3.85. The fourth-order valence-corrected chi connectivity index (χ4v) is 3.08. The predicted octanol–water partition coefficient (Wildman–Crippen LogP) is 2.52. The maximum Gasteiger partial charge on any atom is 0.317 e. The molecule has 22 heavy (non-hydrogen) atoms. The Morgan fingerprint density at radius 2 is 2.32 bits per heavy atom. The second kappa shape index (κ2) is 7.40. The normalized spacial score (nSPS) is 12.2. The molecule has 0 aliphatic rings. The van der Waals surface area contributed by atoms with Gasteiger partial charge in [0.05, 0.1) is 22.9 Å². The van der Waals surface area contributed by atoms with Crippen LogP contribution in [0.3, 0.4) is 0 Å². The fraction of sp³-hybridized carbons (Fsp3) is 0.533. The zero-order valence-electron chi connectivity index (χ0n) is 13.5. The van der Waals surface area contributed by atoms with Gasteiger partial charge in [0.1, 0.15) is 0 Å². The molecule has 0 fully saturated rings. The van der Waals surface area contributed by atoms with E-state index in [1.807, 2.05) is 32.6 Å². The number of thiazole rings is 1. The largest absolute Gasteiger partial charge is 0.330 e. The third-order valence-electron chi connectivity index (χ3n) is 3.79. The average Bonchev–Trinajstić information content (AvgIpc) is 3.10. The van der Waals surface area contributed by atoms with Gasteiger partial charge in [-0.25, -0.2) is 9.78 Å². The zero-order valence-corrected chi connectivity index (χ0v) is 14.4. The summed E-state index contributed by atoms with van der Waals surface area (Å²) in [7, 11) is 3.71. The molecule has 120 valence electrons. The molecule has 0 aromatic carbocycles. The summed E-state index contributed by atoms with van der Waals surface area (Å²) in [4.78, 5) is 19.5. The van der Waals surface area contributed by atoms with Gasteiger partial charge in [-0.05, 0) is 19.4 Å². The number of nitrogens with zero attached hydrogens (tertiary/aromatic N) is 4. The van der Waals surface area contributed by atoms with E-state index < -0.39 is 0 Å². The second-order valence-corrected chi connectivity index (χ2v) is 6.26. The predicted molar refractivity (Wildman–Crippen MR) is 88.0 cm³/mol. The van der Waals surface area contributed by atoms with Crippen molar-refractivity contribution in [1.29, 1.82) is 0 Å². The van der Waals surface area contributed by atoms with Crippen LogP contribution in [-0.2, 0) is 13.5 Å². The summed E-state index contributed by atoms with van der Waals surface area (Å²) in [6.07, 6.45) is 3.41. The summed E-state index contributed by atoms with van der Waals surface area (Å²) in [5.74, 6) is 0. The summed E-state index contributed by atoms with van der Waals surface area (Å²) >= 11 is 1.64. The van der Waals surface area contributed by atoms with Gasteiger partial charge in [-0.2, -0.15) is 5.10 Å². The van der Waals surface area contributed by atoms with E-state index in [4.69, 9.17) is 0 Å². The van der Waals surface area contributed by atoms with E-state index in [9.17, 15) is 4.79 Å². The van der Waals surface area contributed by atoms with E-state index in [-0.39, 0.29) is 12.1 Å². The van der Waals surface area contributed by atoms with Crippen LogP contribution in [0.1, 0.15) is 35.7 Å². The van der Waals surface area contributed by atoms with Crippen molar-refractivity contribution < 1.29 is 4.79 Å². The number of nitrogens with one attached hydrogen (secondary N) is 1. The number of aryl methyl sites for hydroxylation is 2. The van der Waals surface area contributed by atoms with Crippen molar-refractivity contribution >= 4 is 17.4 Å². The Hall–Kier alpha value is -1.89. The van der Waals surface area contributed by atoms with Crippen LogP contribution in [0.5, 0.6) is 0 Å². The lowest BCUT2D eigenvalue weighted by Crippen LogP contribution is -2.40. The molecular formula is C15H23N5OS. The van der Waals surface area contributed by atoms with Crippen molar-refractivity contribution in [3.05, 3.63) is 34.0 Å². The lowest BCUT2D eigenvalue weighted by Gasteiger charge is -2.23. The topological polar surface area (TPSA) is 63.1 Å². The molecule has 6 nitrogen and oxygen atoms in total. The molecule has 1 N–H and O–H groups in total. The fourth-order valence-electron chi connectivity index (χ4n) is 2.31. The van der Waals surface area contributed by atoms with Gasteiger partial charge in [0.2, 0.25) is 0 Å². The van der Waals surface area contributed by atoms with Crippen molar-refractivity contribution in [2.45, 2.75) is 32.7 Å². The molecular weight excluding hydrogens is 298 g/mol. The Morgan fingerprint density at radius 3 is 2.86 bits per heavy atom. The zero-order chi connectivity index (χ0) is 16.1. The molecule has 0 bridgehead atoms. The van der Waals surface area contributed by atoms with Gasteiger partial charge in [-0.15, -0.1) is 11.3 Å². The highest BCUT2D eigenvalue weighted by Crippen LogP contribution is 2.16. The Bertz CT molecular complexity index is 621. The lowest BCUT2D eigenvalue weighted by molar-refractivity contribution is 0.204. The molecule has 1 atom stereocenters. The molecule has 0 spiro atoms. The van der Waals surface area contributed by atoms with Crippen LogP contribution < -0.4 is 5.32 Å². The van der Waals surface area contributed by atoms with Crippen molar-refractivity contribution in [3.63, 3.8) is 0 Å². The number of hydrogen-bond acceptors (Lipinski definition) is 4. The van der Waals surface area contributed by atoms with Gasteiger partial charge in [0.25, 0.3) is 0 Å². The summed E-state index contributed by atoms with van der Waals surface area (Å²) in [5, 5.41) is 7.23. The van der Waals surface area contributed by atoms with E-state index in [0.717, 1.165) is 24.2 Å². The lowest BCUT2D eigenvalue weighted by atomic mass is 10.1. The van der Waals surface area contributed by atoms with Crippen molar-refractivity contribution in [3.8, 4) is 0 Å². The monoisotopic (exact) mass is 321 g/mol. The molecule has 0 saturated heterocycles. The SMILES string of the molecule is CCC(NC(=O)N(C)CCc1scnc1C)c1ccnn1C. The molecule has 0 aliphatic carbocycles. The standard InChI is InChI=1S/C15H23N5OS/c1-5-12(13-6-8-17-20(13)4)18-15(21)19(3)9-7-14-11(2)16-10-22-14/h6,8,10,12H,5,7,9H2,1-4H3,(H,18,21). The number of carbonyl (C=O) groups is 1. The Balaban J connectivity index is 1.90. The Kier molecular flexibility index (Phi) is 5.54. The van der Waals surface area contributed by atoms with Crippen LogP contribution in [0.15, 0.2) is 17.8 Å². The second-order valence-electron chi connectivity index (χ2n) is 5.32. The molecule has 2 aromatic heterocycles. The minimum Gasteiger partial charge on any atom is -0.330 e. The first-order valence-corrected chi connectivity index (χ1v) is 8.29. The first kappa shape index (κ1) is 16.5. The quantitative estimate of drug-likeness (QED) is 0.889. The van der Waals surface area contributed by atoms with Crippen LogP contribution in [0.2, 0.25) is 0 Å². The highest BCUT2D eigenvalue weighted by atomic mass is 32.1. The molecule has 2 rings (SSSR count). The summed E-state index contributed by atoms with van der Waals surface area (Å²) < 4.78 is 1.80. The molecule has 1 unspecified atom stereocenters. The van der Waals surface area contributed by atoms with Crippen molar-refractivity contribution in [2.24, 2.45) is 7.05 Å². The minimum absolute atomic E-state index is 0.0207. The smallest absolute Gasteiger partial charge is 0.317 e. The van der Waals surface area contributed by atoms with Crippen LogP contribution in [0.25, 0.3) is 0 Å². The first-order valence-electron chi connectivity index (χ1n) is 7.41. The average molecular weight is 321 g/mol. The van der Waals surface area contributed by atoms with E-state index in [1.54, 1.807) is 27.1 Å². The molecule has 0 aliphatic heterocycles. The molecule has 0 radical (unpaired) electrons. The van der Waals surface area contributed by atoms with Crippen LogP contribution in [0, 0.1) is 6.92 Å². The third-order valence-corrected chi connectivity index (χ3v) is 4.78. The molecule has 2 aromatic rings. The highest BCUT2D eigenvalue weighted by Gasteiger charge is 2.18. The van der Waals surface area contributed by atoms with Gasteiger partial charge in [0.15, 0.2) is 0 Å². The summed E-state index contributed by atoms with van der Waals surface area (Å²) in [6.45, 7) is 4.73. The van der Waals surface area contributed by atoms with E-state index in [0.29, 0.717) is 6.54 Å². The Morgan fingerprint density at radius 1 is 1.55 bits per heavy atom. The van der Waals surface area contributed by atoms with Gasteiger partial charge in [-0.1, -0.05) is 6.92 Å². The molecule has 0 saturated carbocycles. The summed E-state index contributed by atoms with van der Waals surface area (Å²) in [6, 6.07) is 1.86. The van der Waals surface area contributed by atoms with Gasteiger partial charge < -0.3 is 10.2 Å². The van der Waals surface area contributed by atoms with Gasteiger partial charge in [-0.3, -0.25) is 4.68 Å². The number of urea groups is 1. The number of amides is 2. The molecule has 7 heteroatoms. The maximum atomic E-state index is 12.3.